The molecule has 19 heavy (non-hydrogen) atoms. The molecule has 1 aromatic rings. The third-order valence-electron chi connectivity index (χ3n) is 3.08. The van der Waals surface area contributed by atoms with Gasteiger partial charge in [-0.1, -0.05) is 0 Å². The van der Waals surface area contributed by atoms with Crippen molar-refractivity contribution in [1.29, 1.82) is 5.26 Å². The quantitative estimate of drug-likeness (QED) is 0.786. The molecule has 0 saturated carbocycles. The molecule has 6 heteroatoms. The SMILES string of the molecule is N#Cc1ccc(C(=O)N2CCCC2)c(C(F)(F)F)c1. The molecule has 1 saturated heterocycles. The van der Waals surface area contributed by atoms with E-state index in [9.17, 15) is 18.0 Å². The fourth-order valence-corrected chi connectivity index (χ4v) is 2.13. The van der Waals surface area contributed by atoms with E-state index >= 15 is 0 Å². The molecule has 0 aromatic heterocycles. The molecule has 1 heterocycles. The maximum atomic E-state index is 12.9. The van der Waals surface area contributed by atoms with Crippen LogP contribution in [-0.2, 0) is 6.18 Å². The lowest BCUT2D eigenvalue weighted by atomic mass is 10.0. The summed E-state index contributed by atoms with van der Waals surface area (Å²) in [5.74, 6) is -0.616. The average molecular weight is 268 g/mol. The van der Waals surface area contributed by atoms with Gasteiger partial charge in [0.15, 0.2) is 0 Å². The van der Waals surface area contributed by atoms with Gasteiger partial charge in [-0.05, 0) is 31.0 Å². The highest BCUT2D eigenvalue weighted by Gasteiger charge is 2.36. The highest BCUT2D eigenvalue weighted by molar-refractivity contribution is 5.96. The Kier molecular flexibility index (Phi) is 3.47. The van der Waals surface area contributed by atoms with Gasteiger partial charge in [-0.2, -0.15) is 18.4 Å². The van der Waals surface area contributed by atoms with E-state index < -0.39 is 17.6 Å². The number of halogens is 3. The van der Waals surface area contributed by atoms with Crippen LogP contribution in [-0.4, -0.2) is 23.9 Å². The third-order valence-corrected chi connectivity index (χ3v) is 3.08. The fourth-order valence-electron chi connectivity index (χ4n) is 2.13. The fraction of sp³-hybridized carbons (Fsp3) is 0.385. The highest BCUT2D eigenvalue weighted by Crippen LogP contribution is 2.33. The Balaban J connectivity index is 2.44. The lowest BCUT2D eigenvalue weighted by Crippen LogP contribution is -2.29. The van der Waals surface area contributed by atoms with Crippen molar-refractivity contribution in [2.24, 2.45) is 0 Å². The van der Waals surface area contributed by atoms with Gasteiger partial charge in [0.2, 0.25) is 0 Å². The molecule has 2 rings (SSSR count). The van der Waals surface area contributed by atoms with Crippen LogP contribution in [0.2, 0.25) is 0 Å². The van der Waals surface area contributed by atoms with Crippen molar-refractivity contribution in [3.8, 4) is 6.07 Å². The van der Waals surface area contributed by atoms with Gasteiger partial charge in [-0.15, -0.1) is 0 Å². The van der Waals surface area contributed by atoms with Crippen molar-refractivity contribution in [3.05, 3.63) is 34.9 Å². The molecular weight excluding hydrogens is 257 g/mol. The molecule has 1 aliphatic rings. The van der Waals surface area contributed by atoms with Gasteiger partial charge in [-0.3, -0.25) is 4.79 Å². The Labute approximate surface area is 108 Å². The molecule has 0 N–H and O–H groups in total. The topological polar surface area (TPSA) is 44.1 Å². The van der Waals surface area contributed by atoms with Crippen molar-refractivity contribution in [2.75, 3.05) is 13.1 Å². The molecule has 0 radical (unpaired) electrons. The van der Waals surface area contributed by atoms with E-state index in [1.54, 1.807) is 6.07 Å². The molecule has 0 bridgehead atoms. The van der Waals surface area contributed by atoms with Gasteiger partial charge in [0, 0.05) is 13.1 Å². The average Bonchev–Trinajstić information content (AvgIpc) is 2.90. The molecule has 1 aromatic carbocycles. The Morgan fingerprint density at radius 2 is 1.89 bits per heavy atom. The monoisotopic (exact) mass is 268 g/mol. The molecule has 0 atom stereocenters. The van der Waals surface area contributed by atoms with Crippen molar-refractivity contribution in [1.82, 2.24) is 4.90 Å². The summed E-state index contributed by atoms with van der Waals surface area (Å²) in [5, 5.41) is 8.66. The van der Waals surface area contributed by atoms with Crippen LogP contribution in [0, 0.1) is 11.3 Å². The highest BCUT2D eigenvalue weighted by atomic mass is 19.4. The third kappa shape index (κ3) is 2.70. The standard InChI is InChI=1S/C13H11F3N2O/c14-13(15,16)11-7-9(8-17)3-4-10(11)12(19)18-5-1-2-6-18/h3-4,7H,1-2,5-6H2. The molecule has 0 unspecified atom stereocenters. The first-order valence-corrected chi connectivity index (χ1v) is 5.84. The first kappa shape index (κ1) is 13.4. The molecule has 3 nitrogen and oxygen atoms in total. The second-order valence-corrected chi connectivity index (χ2v) is 4.37. The summed E-state index contributed by atoms with van der Waals surface area (Å²) in [6.07, 6.45) is -3.02. The number of hydrogen-bond donors (Lipinski definition) is 0. The smallest absolute Gasteiger partial charge is 0.339 e. The van der Waals surface area contributed by atoms with Crippen molar-refractivity contribution in [2.45, 2.75) is 19.0 Å². The zero-order chi connectivity index (χ0) is 14.0. The zero-order valence-corrected chi connectivity index (χ0v) is 10.00. The first-order chi connectivity index (χ1) is 8.93. The van der Waals surface area contributed by atoms with E-state index in [-0.39, 0.29) is 11.1 Å². The summed E-state index contributed by atoms with van der Waals surface area (Å²) in [4.78, 5) is 13.5. The van der Waals surface area contributed by atoms with Crippen LogP contribution < -0.4 is 0 Å². The van der Waals surface area contributed by atoms with Crippen LogP contribution in [0.4, 0.5) is 13.2 Å². The summed E-state index contributed by atoms with van der Waals surface area (Å²) in [6.45, 7) is 0.965. The van der Waals surface area contributed by atoms with E-state index in [4.69, 9.17) is 5.26 Å². The molecule has 0 spiro atoms. The van der Waals surface area contributed by atoms with Gasteiger partial charge < -0.3 is 4.90 Å². The van der Waals surface area contributed by atoms with Crippen LogP contribution in [0.1, 0.15) is 34.3 Å². The van der Waals surface area contributed by atoms with Crippen molar-refractivity contribution < 1.29 is 18.0 Å². The Morgan fingerprint density at radius 1 is 1.26 bits per heavy atom. The normalized spacial score (nSPS) is 15.4. The maximum Gasteiger partial charge on any atom is 0.417 e. The van der Waals surface area contributed by atoms with E-state index in [2.05, 4.69) is 0 Å². The van der Waals surface area contributed by atoms with E-state index in [0.717, 1.165) is 25.0 Å². The predicted octanol–water partition coefficient (Wildman–Crippen LogP) is 2.81. The number of hydrogen-bond acceptors (Lipinski definition) is 2. The van der Waals surface area contributed by atoms with E-state index in [1.165, 1.54) is 11.0 Å². The maximum absolute atomic E-state index is 12.9. The minimum atomic E-state index is -4.64. The second-order valence-electron chi connectivity index (χ2n) is 4.37. The molecule has 100 valence electrons. The predicted molar refractivity (Wildman–Crippen MR) is 61.3 cm³/mol. The molecule has 1 fully saturated rings. The molecular formula is C13H11F3N2O. The van der Waals surface area contributed by atoms with Gasteiger partial charge in [0.1, 0.15) is 0 Å². The zero-order valence-electron chi connectivity index (χ0n) is 10.00. The molecule has 0 aliphatic carbocycles. The van der Waals surface area contributed by atoms with Gasteiger partial charge in [0.05, 0.1) is 22.8 Å². The van der Waals surface area contributed by atoms with Gasteiger partial charge in [-0.25, -0.2) is 0 Å². The van der Waals surface area contributed by atoms with Gasteiger partial charge >= 0.3 is 6.18 Å². The number of rotatable bonds is 1. The largest absolute Gasteiger partial charge is 0.417 e. The Bertz CT molecular complexity index is 540. The van der Waals surface area contributed by atoms with Crippen LogP contribution in [0.15, 0.2) is 18.2 Å². The number of likely N-dealkylation sites (tertiary alicyclic amines) is 1. The summed E-state index contributed by atoms with van der Waals surface area (Å²) >= 11 is 0. The summed E-state index contributed by atoms with van der Waals surface area (Å²) in [6, 6.07) is 4.70. The Hall–Kier alpha value is -2.03. The summed E-state index contributed by atoms with van der Waals surface area (Å²) in [5.41, 5.74) is -1.53. The van der Waals surface area contributed by atoms with Crippen LogP contribution >= 0.6 is 0 Å². The Morgan fingerprint density at radius 3 is 2.42 bits per heavy atom. The number of amides is 1. The number of carbonyl (C=O) groups excluding carboxylic acids is 1. The number of carbonyl (C=O) groups is 1. The summed E-state index contributed by atoms with van der Waals surface area (Å²) in [7, 11) is 0. The van der Waals surface area contributed by atoms with Crippen molar-refractivity contribution in [3.63, 3.8) is 0 Å². The minimum absolute atomic E-state index is 0.106. The number of alkyl halides is 3. The van der Waals surface area contributed by atoms with E-state index in [1.807, 2.05) is 0 Å². The van der Waals surface area contributed by atoms with Crippen molar-refractivity contribution >= 4 is 5.91 Å². The summed E-state index contributed by atoms with van der Waals surface area (Å²) < 4.78 is 38.8. The number of nitriles is 1. The lowest BCUT2D eigenvalue weighted by molar-refractivity contribution is -0.138. The van der Waals surface area contributed by atoms with E-state index in [0.29, 0.717) is 13.1 Å². The molecule has 1 aliphatic heterocycles. The van der Waals surface area contributed by atoms with Crippen LogP contribution in [0.25, 0.3) is 0 Å². The van der Waals surface area contributed by atoms with Gasteiger partial charge in [0.25, 0.3) is 5.91 Å². The molecule has 1 amide bonds. The number of nitrogens with zero attached hydrogens (tertiary/aromatic N) is 2. The van der Waals surface area contributed by atoms with Crippen LogP contribution in [0.5, 0.6) is 0 Å². The van der Waals surface area contributed by atoms with Crippen LogP contribution in [0.3, 0.4) is 0 Å². The lowest BCUT2D eigenvalue weighted by Gasteiger charge is -2.18. The second kappa shape index (κ2) is 4.92. The number of benzene rings is 1. The minimum Gasteiger partial charge on any atom is -0.339 e. The first-order valence-electron chi connectivity index (χ1n) is 5.84.